The molecular formula is C18H22N4O3S. The average molecular weight is 374 g/mol. The van der Waals surface area contributed by atoms with Crippen molar-refractivity contribution in [3.63, 3.8) is 0 Å². The summed E-state index contributed by atoms with van der Waals surface area (Å²) in [6, 6.07) is 7.92. The first kappa shape index (κ1) is 18.5. The second-order valence-electron chi connectivity index (χ2n) is 5.94. The average Bonchev–Trinajstić information content (AvgIpc) is 3.24. The van der Waals surface area contributed by atoms with Crippen molar-refractivity contribution >= 4 is 29.3 Å². The number of fused-ring (bicyclic) bond motifs is 1. The molecular weight excluding hydrogens is 352 g/mol. The van der Waals surface area contributed by atoms with Crippen molar-refractivity contribution in [1.82, 2.24) is 14.9 Å². The molecule has 0 radical (unpaired) electrons. The van der Waals surface area contributed by atoms with E-state index in [0.717, 1.165) is 12.1 Å². The highest BCUT2D eigenvalue weighted by atomic mass is 32.2. The van der Waals surface area contributed by atoms with E-state index in [2.05, 4.69) is 10.3 Å². The summed E-state index contributed by atoms with van der Waals surface area (Å²) in [5, 5.41) is 12.7. The van der Waals surface area contributed by atoms with E-state index in [1.165, 1.54) is 23.5 Å². The number of imidazole rings is 1. The zero-order chi connectivity index (χ0) is 18.5. The Morgan fingerprint density at radius 3 is 2.92 bits per heavy atom. The molecule has 1 aromatic carbocycles. The third-order valence-corrected chi connectivity index (χ3v) is 5.23. The number of thioether (sulfide) groups is 1. The molecule has 0 unspecified atom stereocenters. The van der Waals surface area contributed by atoms with Crippen LogP contribution in [0.2, 0.25) is 0 Å². The first-order valence-electron chi connectivity index (χ1n) is 8.57. The number of aliphatic hydroxyl groups is 1. The number of anilines is 1. The molecule has 2 amide bonds. The van der Waals surface area contributed by atoms with Crippen LogP contribution in [0.25, 0.3) is 0 Å². The van der Waals surface area contributed by atoms with Crippen LogP contribution in [0.4, 0.5) is 5.69 Å². The molecule has 138 valence electrons. The van der Waals surface area contributed by atoms with Crippen LogP contribution in [0.1, 0.15) is 18.2 Å². The number of amides is 2. The summed E-state index contributed by atoms with van der Waals surface area (Å²) in [5.41, 5.74) is 2.71. The van der Waals surface area contributed by atoms with Gasteiger partial charge in [-0.25, -0.2) is 4.98 Å². The van der Waals surface area contributed by atoms with E-state index in [4.69, 9.17) is 0 Å². The van der Waals surface area contributed by atoms with Crippen molar-refractivity contribution in [2.45, 2.75) is 31.7 Å². The summed E-state index contributed by atoms with van der Waals surface area (Å²) in [5.74, 6) is 0.0888. The third kappa shape index (κ3) is 3.91. The Labute approximate surface area is 156 Å². The van der Waals surface area contributed by atoms with E-state index < -0.39 is 0 Å². The molecule has 1 aliphatic heterocycles. The Balaban J connectivity index is 1.67. The lowest BCUT2D eigenvalue weighted by molar-refractivity contribution is -0.121. The van der Waals surface area contributed by atoms with Crippen LogP contribution in [-0.4, -0.2) is 45.3 Å². The number of likely N-dealkylation sites (N-methyl/N-ethyl adjacent to an activating group) is 1. The van der Waals surface area contributed by atoms with Gasteiger partial charge in [0.1, 0.15) is 6.54 Å². The summed E-state index contributed by atoms with van der Waals surface area (Å²) < 4.78 is 1.65. The number of nitrogens with one attached hydrogen (secondary N) is 1. The predicted molar refractivity (Wildman–Crippen MR) is 100 cm³/mol. The Kier molecular flexibility index (Phi) is 5.95. The van der Waals surface area contributed by atoms with Crippen LogP contribution >= 0.6 is 11.8 Å². The number of aliphatic hydroxyl groups excluding tert-OH is 1. The Morgan fingerprint density at radius 1 is 1.35 bits per heavy atom. The van der Waals surface area contributed by atoms with E-state index in [1.54, 1.807) is 9.47 Å². The van der Waals surface area contributed by atoms with Gasteiger partial charge in [0.15, 0.2) is 5.16 Å². The summed E-state index contributed by atoms with van der Waals surface area (Å²) in [7, 11) is 0. The number of aromatic nitrogens is 2. The summed E-state index contributed by atoms with van der Waals surface area (Å²) in [4.78, 5) is 30.6. The third-order valence-electron chi connectivity index (χ3n) is 4.25. The van der Waals surface area contributed by atoms with Crippen LogP contribution < -0.4 is 10.2 Å². The summed E-state index contributed by atoms with van der Waals surface area (Å²) >= 11 is 1.28. The summed E-state index contributed by atoms with van der Waals surface area (Å²) in [6.07, 6.45) is 2.41. The van der Waals surface area contributed by atoms with Crippen LogP contribution in [0.15, 0.2) is 35.6 Å². The number of carbonyl (C=O) groups excluding carboxylic acids is 2. The molecule has 26 heavy (non-hydrogen) atoms. The van der Waals surface area contributed by atoms with E-state index in [1.807, 2.05) is 31.2 Å². The molecule has 8 heteroatoms. The number of para-hydroxylation sites is 1. The van der Waals surface area contributed by atoms with E-state index in [-0.39, 0.29) is 30.7 Å². The fourth-order valence-electron chi connectivity index (χ4n) is 3.00. The quantitative estimate of drug-likeness (QED) is 0.711. The molecule has 2 aromatic rings. The van der Waals surface area contributed by atoms with Gasteiger partial charge in [-0.2, -0.15) is 0 Å². The predicted octanol–water partition coefficient (Wildman–Crippen LogP) is 1.19. The van der Waals surface area contributed by atoms with Gasteiger partial charge < -0.3 is 19.9 Å². The molecule has 0 saturated carbocycles. The SMILES string of the molecule is CCNC(=O)Cn1c(CO)cnc1SCC(=O)N1CCc2ccccc21. The van der Waals surface area contributed by atoms with Gasteiger partial charge in [0.25, 0.3) is 0 Å². The summed E-state index contributed by atoms with van der Waals surface area (Å²) in [6.45, 7) is 2.94. The smallest absolute Gasteiger partial charge is 0.240 e. The normalized spacial score (nSPS) is 12.9. The van der Waals surface area contributed by atoms with Crippen molar-refractivity contribution < 1.29 is 14.7 Å². The molecule has 0 spiro atoms. The zero-order valence-electron chi connectivity index (χ0n) is 14.6. The van der Waals surface area contributed by atoms with Crippen molar-refractivity contribution in [3.05, 3.63) is 41.7 Å². The Morgan fingerprint density at radius 2 is 2.15 bits per heavy atom. The zero-order valence-corrected chi connectivity index (χ0v) is 15.5. The van der Waals surface area contributed by atoms with Gasteiger partial charge >= 0.3 is 0 Å². The molecule has 0 bridgehead atoms. The second kappa shape index (κ2) is 8.37. The minimum atomic E-state index is -0.208. The number of carbonyl (C=O) groups is 2. The van der Waals surface area contributed by atoms with Gasteiger partial charge in [-0.15, -0.1) is 0 Å². The van der Waals surface area contributed by atoms with E-state index in [9.17, 15) is 14.7 Å². The van der Waals surface area contributed by atoms with Crippen LogP contribution in [0.5, 0.6) is 0 Å². The standard InChI is InChI=1S/C18H22N4O3S/c1-2-19-16(24)10-22-14(11-23)9-20-18(22)26-12-17(25)21-8-7-13-5-3-4-6-15(13)21/h3-6,9,23H,2,7-8,10-12H2,1H3,(H,19,24). The lowest BCUT2D eigenvalue weighted by Crippen LogP contribution is -2.31. The van der Waals surface area contributed by atoms with Gasteiger partial charge in [0.05, 0.1) is 24.3 Å². The molecule has 0 saturated heterocycles. The molecule has 1 aromatic heterocycles. The number of rotatable bonds is 7. The molecule has 0 fully saturated rings. The van der Waals surface area contributed by atoms with E-state index >= 15 is 0 Å². The first-order chi connectivity index (χ1) is 12.6. The highest BCUT2D eigenvalue weighted by Gasteiger charge is 2.24. The van der Waals surface area contributed by atoms with Crippen LogP contribution in [0.3, 0.4) is 0 Å². The molecule has 7 nitrogen and oxygen atoms in total. The van der Waals surface area contributed by atoms with Crippen molar-refractivity contribution in [3.8, 4) is 0 Å². The monoisotopic (exact) mass is 374 g/mol. The number of benzene rings is 1. The van der Waals surface area contributed by atoms with Crippen LogP contribution in [-0.2, 0) is 29.2 Å². The fraction of sp³-hybridized carbons (Fsp3) is 0.389. The molecule has 0 atom stereocenters. The van der Waals surface area contributed by atoms with Gasteiger partial charge in [-0.1, -0.05) is 30.0 Å². The number of nitrogens with zero attached hydrogens (tertiary/aromatic N) is 3. The maximum absolute atomic E-state index is 12.6. The first-order valence-corrected chi connectivity index (χ1v) is 9.55. The van der Waals surface area contributed by atoms with Gasteiger partial charge in [0, 0.05) is 18.8 Å². The molecule has 1 aliphatic rings. The maximum atomic E-state index is 12.6. The molecule has 2 heterocycles. The number of hydrogen-bond donors (Lipinski definition) is 2. The van der Waals surface area contributed by atoms with Crippen molar-refractivity contribution in [2.75, 3.05) is 23.7 Å². The highest BCUT2D eigenvalue weighted by Crippen LogP contribution is 2.29. The van der Waals surface area contributed by atoms with Crippen LogP contribution in [0, 0.1) is 0 Å². The largest absolute Gasteiger partial charge is 0.390 e. The van der Waals surface area contributed by atoms with E-state index in [0.29, 0.717) is 23.9 Å². The van der Waals surface area contributed by atoms with Gasteiger partial charge in [0.2, 0.25) is 11.8 Å². The number of hydrogen-bond acceptors (Lipinski definition) is 5. The van der Waals surface area contributed by atoms with Crippen molar-refractivity contribution in [2.24, 2.45) is 0 Å². The topological polar surface area (TPSA) is 87.5 Å². The fourth-order valence-corrected chi connectivity index (χ4v) is 3.87. The van der Waals surface area contributed by atoms with Crippen molar-refractivity contribution in [1.29, 1.82) is 0 Å². The molecule has 2 N–H and O–H groups in total. The minimum Gasteiger partial charge on any atom is -0.390 e. The van der Waals surface area contributed by atoms with Gasteiger partial charge in [-0.05, 0) is 25.0 Å². The highest BCUT2D eigenvalue weighted by molar-refractivity contribution is 7.99. The lowest BCUT2D eigenvalue weighted by atomic mass is 10.2. The lowest BCUT2D eigenvalue weighted by Gasteiger charge is -2.17. The molecule has 0 aliphatic carbocycles. The Bertz CT molecular complexity index is 805. The maximum Gasteiger partial charge on any atom is 0.240 e. The molecule has 3 rings (SSSR count). The second-order valence-corrected chi connectivity index (χ2v) is 6.89. The Hall–Kier alpha value is -2.32. The van der Waals surface area contributed by atoms with Gasteiger partial charge in [-0.3, -0.25) is 9.59 Å². The minimum absolute atomic E-state index is 0.0121.